The number of nitrogens with two attached hydrogens (primary N) is 2. The van der Waals surface area contributed by atoms with Crippen LogP contribution in [0, 0.1) is 5.82 Å². The SMILES string of the molecule is NC(=O)[C@@H](N)CCCCN(Cc1cbccc1)C(=O)c1ccc(B(O)O)c(F)c1. The second kappa shape index (κ2) is 10.8. The summed E-state index contributed by atoms with van der Waals surface area (Å²) in [6.45, 7) is 2.57. The number of unbranched alkanes of at least 4 members (excludes halogenated alkanes) is 1. The van der Waals surface area contributed by atoms with Crippen LogP contribution in [0.2, 0.25) is 0 Å². The molecular weight excluding hydrogens is 375 g/mol. The summed E-state index contributed by atoms with van der Waals surface area (Å²) in [5.41, 5.74) is 11.5. The maximum absolute atomic E-state index is 14.1. The number of rotatable bonds is 10. The zero-order chi connectivity index (χ0) is 21.4. The zero-order valence-electron chi connectivity index (χ0n) is 16.0. The summed E-state index contributed by atoms with van der Waals surface area (Å²) in [7, 11) is -1.95. The summed E-state index contributed by atoms with van der Waals surface area (Å²) < 4.78 is 14.1. The van der Waals surface area contributed by atoms with Crippen molar-refractivity contribution in [3.8, 4) is 0 Å². The molecule has 0 aliphatic heterocycles. The molecule has 0 spiro atoms. The van der Waals surface area contributed by atoms with Crippen LogP contribution in [-0.2, 0) is 11.3 Å². The van der Waals surface area contributed by atoms with Gasteiger partial charge in [0.2, 0.25) is 0 Å². The molecule has 0 saturated heterocycles. The molecule has 0 saturated carbocycles. The molecule has 1 heterocycles. The van der Waals surface area contributed by atoms with Crippen molar-refractivity contribution in [2.75, 3.05) is 6.54 Å². The van der Waals surface area contributed by atoms with Gasteiger partial charge < -0.3 is 0 Å². The Hall–Kier alpha value is -2.55. The molecule has 10 heteroatoms. The van der Waals surface area contributed by atoms with Gasteiger partial charge in [-0.2, -0.15) is 0 Å². The number of primary amides is 1. The number of halogens is 1. The number of nitrogens with zero attached hydrogens (tertiary/aromatic N) is 1. The number of amides is 2. The molecule has 2 rings (SSSR count). The van der Waals surface area contributed by atoms with Crippen LogP contribution >= 0.6 is 0 Å². The van der Waals surface area contributed by atoms with Crippen molar-refractivity contribution < 1.29 is 24.0 Å². The van der Waals surface area contributed by atoms with E-state index in [0.717, 1.165) is 11.6 Å². The van der Waals surface area contributed by atoms with Crippen molar-refractivity contribution in [2.45, 2.75) is 31.8 Å². The summed E-state index contributed by atoms with van der Waals surface area (Å²) in [6, 6.07) is 6.56. The fourth-order valence-corrected chi connectivity index (χ4v) is 2.92. The Balaban J connectivity index is 2.12. The Bertz CT molecular complexity index is 839. The van der Waals surface area contributed by atoms with Crippen LogP contribution in [0.1, 0.15) is 35.2 Å². The number of hydrogen-bond acceptors (Lipinski definition) is 5. The van der Waals surface area contributed by atoms with E-state index in [-0.39, 0.29) is 16.9 Å². The van der Waals surface area contributed by atoms with Crippen LogP contribution in [0.4, 0.5) is 4.39 Å². The Morgan fingerprint density at radius 2 is 2.00 bits per heavy atom. The Labute approximate surface area is 169 Å². The van der Waals surface area contributed by atoms with Crippen molar-refractivity contribution in [1.29, 1.82) is 0 Å². The third kappa shape index (κ3) is 6.77. The Morgan fingerprint density at radius 1 is 1.24 bits per heavy atom. The first kappa shape index (κ1) is 22.7. The monoisotopic (exact) mass is 399 g/mol. The van der Waals surface area contributed by atoms with Crippen molar-refractivity contribution >= 4 is 31.3 Å². The van der Waals surface area contributed by atoms with Gasteiger partial charge in [0.1, 0.15) is 0 Å². The Kier molecular flexibility index (Phi) is 8.50. The van der Waals surface area contributed by atoms with Crippen molar-refractivity contribution in [3.63, 3.8) is 0 Å². The van der Waals surface area contributed by atoms with Crippen molar-refractivity contribution in [2.24, 2.45) is 11.5 Å². The standard InChI is InChI=1S/C19H24B2FN3O4/c22-16-10-14(6-7-15(16)21(28)29)19(27)25(12-13-4-3-8-20-11-13)9-2-1-5-17(23)18(24)26/h3-4,6-8,10-11,17,28-29H,1-2,5,9,12,23H2,(H2,24,26)/t17-/m0/s1. The van der Waals surface area contributed by atoms with E-state index in [1.165, 1.54) is 12.1 Å². The van der Waals surface area contributed by atoms with E-state index in [1.54, 1.807) is 4.90 Å². The molecule has 2 amide bonds. The van der Waals surface area contributed by atoms with E-state index in [4.69, 9.17) is 21.5 Å². The molecular formula is C19H24B2FN3O4. The quantitative estimate of drug-likeness (QED) is 0.315. The third-order valence-electron chi connectivity index (χ3n) is 4.59. The summed E-state index contributed by atoms with van der Waals surface area (Å²) >= 11 is 0. The van der Waals surface area contributed by atoms with Gasteiger partial charge >= 0.3 is 169 Å². The van der Waals surface area contributed by atoms with Gasteiger partial charge in [-0.25, -0.2) is 0 Å². The van der Waals surface area contributed by atoms with Crippen molar-refractivity contribution in [1.82, 2.24) is 4.90 Å². The van der Waals surface area contributed by atoms with E-state index >= 15 is 0 Å². The van der Waals surface area contributed by atoms with Crippen LogP contribution in [0.25, 0.3) is 0 Å². The number of hydrogen-bond donors (Lipinski definition) is 4. The molecule has 152 valence electrons. The maximum atomic E-state index is 14.1. The van der Waals surface area contributed by atoms with Gasteiger partial charge in [-0.3, -0.25) is 0 Å². The summed E-state index contributed by atoms with van der Waals surface area (Å²) in [5.74, 6) is 1.94. The summed E-state index contributed by atoms with van der Waals surface area (Å²) in [4.78, 5) is 25.6. The molecule has 1 aromatic heterocycles. The molecule has 0 aliphatic rings. The molecule has 0 unspecified atom stereocenters. The van der Waals surface area contributed by atoms with E-state index < -0.39 is 24.9 Å². The van der Waals surface area contributed by atoms with E-state index in [2.05, 4.69) is 0 Å². The molecule has 0 radical (unpaired) electrons. The first-order valence-corrected chi connectivity index (χ1v) is 9.33. The minimum absolute atomic E-state index is 0.108. The molecule has 1 atom stereocenters. The van der Waals surface area contributed by atoms with Gasteiger partial charge in [0.15, 0.2) is 0 Å². The van der Waals surface area contributed by atoms with E-state index in [1.807, 2.05) is 31.0 Å². The average molecular weight is 399 g/mol. The first-order chi connectivity index (χ1) is 13.8. The molecule has 2 aromatic rings. The fourth-order valence-electron chi connectivity index (χ4n) is 2.92. The second-order valence-corrected chi connectivity index (χ2v) is 6.83. The molecule has 0 aliphatic carbocycles. The van der Waals surface area contributed by atoms with Gasteiger partial charge in [-0.15, -0.1) is 0 Å². The topological polar surface area (TPSA) is 130 Å². The molecule has 1 aromatic carbocycles. The van der Waals surface area contributed by atoms with Crippen LogP contribution in [0.3, 0.4) is 0 Å². The van der Waals surface area contributed by atoms with Crippen LogP contribution in [0.5, 0.6) is 0 Å². The summed E-state index contributed by atoms with van der Waals surface area (Å²) in [5, 5.41) is 18.3. The first-order valence-electron chi connectivity index (χ1n) is 9.33. The number of benzene rings is 1. The molecule has 0 fully saturated rings. The second-order valence-electron chi connectivity index (χ2n) is 6.83. The number of carbonyl (C=O) groups excluding carboxylic acids is 2. The molecule has 29 heavy (non-hydrogen) atoms. The molecule has 0 bridgehead atoms. The van der Waals surface area contributed by atoms with Crippen LogP contribution in [0.15, 0.2) is 42.3 Å². The fraction of sp³-hybridized carbons (Fsp3) is 0.316. The minimum atomic E-state index is -1.95. The van der Waals surface area contributed by atoms with E-state index in [0.29, 0.717) is 32.4 Å². The van der Waals surface area contributed by atoms with Crippen LogP contribution < -0.4 is 16.9 Å². The van der Waals surface area contributed by atoms with Crippen LogP contribution in [-0.4, -0.2) is 53.4 Å². The molecule has 7 nitrogen and oxygen atoms in total. The van der Waals surface area contributed by atoms with Gasteiger partial charge in [0.25, 0.3) is 0 Å². The van der Waals surface area contributed by atoms with Gasteiger partial charge in [0.05, 0.1) is 0 Å². The normalized spacial score (nSPS) is 11.6. The predicted octanol–water partition coefficient (Wildman–Crippen LogP) is -0.531. The van der Waals surface area contributed by atoms with E-state index in [9.17, 15) is 14.0 Å². The summed E-state index contributed by atoms with van der Waals surface area (Å²) in [6.07, 6.45) is 1.61. The van der Waals surface area contributed by atoms with Gasteiger partial charge in [-0.1, -0.05) is 0 Å². The number of carbonyl (C=O) groups is 2. The molecule has 6 N–H and O–H groups in total. The van der Waals surface area contributed by atoms with Gasteiger partial charge in [0, 0.05) is 0 Å². The average Bonchev–Trinajstić information content (AvgIpc) is 2.69. The third-order valence-corrected chi connectivity index (χ3v) is 4.59. The Morgan fingerprint density at radius 3 is 2.59 bits per heavy atom. The zero-order valence-corrected chi connectivity index (χ0v) is 16.0. The van der Waals surface area contributed by atoms with Crippen molar-refractivity contribution in [3.05, 3.63) is 59.2 Å². The van der Waals surface area contributed by atoms with Gasteiger partial charge in [-0.05, 0) is 0 Å². The predicted molar refractivity (Wildman–Crippen MR) is 110 cm³/mol.